The van der Waals surface area contributed by atoms with Gasteiger partial charge in [-0.3, -0.25) is 14.7 Å². The third kappa shape index (κ3) is 5.65. The summed E-state index contributed by atoms with van der Waals surface area (Å²) < 4.78 is 7.37. The van der Waals surface area contributed by atoms with Crippen molar-refractivity contribution >= 4 is 19.9 Å². The maximum Gasteiger partial charge on any atom is 0.223 e. The molecule has 0 atom stereocenters. The number of nitrogens with one attached hydrogen (secondary N) is 1. The fourth-order valence-electron chi connectivity index (χ4n) is 1.24. The first kappa shape index (κ1) is 13.9. The summed E-state index contributed by atoms with van der Waals surface area (Å²) in [5, 5.41) is 2.65. The van der Waals surface area contributed by atoms with E-state index in [0.717, 1.165) is 12.7 Å². The lowest BCUT2D eigenvalue weighted by Gasteiger charge is -2.16. The molecule has 1 rings (SSSR count). The molecule has 1 heterocycles. The Morgan fingerprint density at radius 2 is 2.24 bits per heavy atom. The Hall–Kier alpha value is -1.14. The van der Waals surface area contributed by atoms with E-state index in [1.165, 1.54) is 6.92 Å². The van der Waals surface area contributed by atoms with Gasteiger partial charge in [-0.15, -0.1) is 0 Å². The van der Waals surface area contributed by atoms with Gasteiger partial charge in [0.15, 0.2) is 0 Å². The summed E-state index contributed by atoms with van der Waals surface area (Å²) in [4.78, 5) is 15.0. The minimum atomic E-state index is -1.04. The van der Waals surface area contributed by atoms with Crippen LogP contribution in [-0.4, -0.2) is 30.1 Å². The topological polar surface area (TPSA) is 56.2 Å². The molecule has 0 aromatic carbocycles. The summed E-state index contributed by atoms with van der Waals surface area (Å²) in [5.41, 5.74) is 0. The highest BCUT2D eigenvalue weighted by Gasteiger charge is 2.12. The molecule has 0 fully saturated rings. The van der Waals surface area contributed by atoms with Crippen molar-refractivity contribution in [2.45, 2.75) is 39.3 Å². The summed E-state index contributed by atoms with van der Waals surface area (Å²) in [6, 6.07) is 1.14. The molecule has 6 heteroatoms. The Kier molecular flexibility index (Phi) is 4.89. The van der Waals surface area contributed by atoms with Gasteiger partial charge in [-0.25, -0.2) is 4.98 Å². The van der Waals surface area contributed by atoms with Crippen LogP contribution in [0.4, 0.5) is 5.95 Å². The van der Waals surface area contributed by atoms with E-state index in [-0.39, 0.29) is 5.91 Å². The van der Waals surface area contributed by atoms with Gasteiger partial charge in [-0.05, 0) is 6.04 Å². The second kappa shape index (κ2) is 5.97. The monoisotopic (exact) mass is 255 g/mol. The summed E-state index contributed by atoms with van der Waals surface area (Å²) in [7, 11) is -1.04. The number of ether oxygens (including phenoxy) is 1. The first-order valence-corrected chi connectivity index (χ1v) is 9.46. The van der Waals surface area contributed by atoms with Crippen LogP contribution in [0, 0.1) is 0 Å². The lowest BCUT2D eigenvalue weighted by Crippen LogP contribution is -2.22. The van der Waals surface area contributed by atoms with E-state index in [0.29, 0.717) is 12.7 Å². The van der Waals surface area contributed by atoms with E-state index in [9.17, 15) is 4.79 Å². The number of carbonyl (C=O) groups excluding carboxylic acids is 1. The number of imidazole rings is 1. The van der Waals surface area contributed by atoms with Crippen LogP contribution in [0.1, 0.15) is 6.92 Å². The van der Waals surface area contributed by atoms with Gasteiger partial charge < -0.3 is 4.74 Å². The number of amides is 1. The van der Waals surface area contributed by atoms with Crippen LogP contribution in [0.25, 0.3) is 0 Å². The minimum Gasteiger partial charge on any atom is -0.361 e. The zero-order valence-electron chi connectivity index (χ0n) is 11.0. The van der Waals surface area contributed by atoms with Crippen molar-refractivity contribution < 1.29 is 9.53 Å². The maximum atomic E-state index is 10.9. The molecule has 0 radical (unpaired) electrons. The number of aromatic nitrogens is 2. The van der Waals surface area contributed by atoms with Crippen LogP contribution in [-0.2, 0) is 16.3 Å². The first-order chi connectivity index (χ1) is 7.88. The number of hydrogen-bond acceptors (Lipinski definition) is 3. The summed E-state index contributed by atoms with van der Waals surface area (Å²) in [6.07, 6.45) is 3.44. The Morgan fingerprint density at radius 3 is 2.82 bits per heavy atom. The molecule has 1 aromatic rings. The second-order valence-corrected chi connectivity index (χ2v) is 10.9. The number of anilines is 1. The number of carbonyl (C=O) groups is 1. The van der Waals surface area contributed by atoms with Crippen molar-refractivity contribution in [3.63, 3.8) is 0 Å². The van der Waals surface area contributed by atoms with E-state index in [1.54, 1.807) is 17.0 Å². The molecule has 5 nitrogen and oxygen atoms in total. The van der Waals surface area contributed by atoms with Crippen molar-refractivity contribution in [3.8, 4) is 0 Å². The Balaban J connectivity index is 2.36. The van der Waals surface area contributed by atoms with Crippen molar-refractivity contribution in [3.05, 3.63) is 12.4 Å². The van der Waals surface area contributed by atoms with Gasteiger partial charge in [0, 0.05) is 34.0 Å². The van der Waals surface area contributed by atoms with E-state index in [1.807, 2.05) is 0 Å². The fraction of sp³-hybridized carbons (Fsp3) is 0.636. The standard InChI is InChI=1S/C11H21N3O2Si/c1-10(15)13-11-12-5-6-14(11)9-16-7-8-17(2,3)4/h5-6H,7-9H2,1-4H3,(H,12,13,15). The molecule has 0 saturated heterocycles. The van der Waals surface area contributed by atoms with Gasteiger partial charge in [0.2, 0.25) is 11.9 Å². The van der Waals surface area contributed by atoms with Gasteiger partial charge in [-0.2, -0.15) is 0 Å². The zero-order chi connectivity index (χ0) is 12.9. The van der Waals surface area contributed by atoms with Gasteiger partial charge in [-0.1, -0.05) is 19.6 Å². The van der Waals surface area contributed by atoms with Crippen LogP contribution >= 0.6 is 0 Å². The Labute approximate surface area is 103 Å². The summed E-state index contributed by atoms with van der Waals surface area (Å²) >= 11 is 0. The molecule has 1 amide bonds. The average Bonchev–Trinajstić information content (AvgIpc) is 2.58. The second-order valence-electron chi connectivity index (χ2n) is 5.25. The van der Waals surface area contributed by atoms with E-state index >= 15 is 0 Å². The minimum absolute atomic E-state index is 0.125. The normalized spacial score (nSPS) is 11.5. The van der Waals surface area contributed by atoms with Crippen molar-refractivity contribution in [2.24, 2.45) is 0 Å². The summed E-state index contributed by atoms with van der Waals surface area (Å²) in [5.74, 6) is 0.407. The zero-order valence-corrected chi connectivity index (χ0v) is 12.0. The highest BCUT2D eigenvalue weighted by molar-refractivity contribution is 6.76. The van der Waals surface area contributed by atoms with Gasteiger partial charge in [0.1, 0.15) is 6.73 Å². The lowest BCUT2D eigenvalue weighted by molar-refractivity contribution is -0.114. The largest absolute Gasteiger partial charge is 0.361 e. The highest BCUT2D eigenvalue weighted by atomic mass is 28.3. The Morgan fingerprint density at radius 1 is 1.53 bits per heavy atom. The van der Waals surface area contributed by atoms with E-state index < -0.39 is 8.07 Å². The van der Waals surface area contributed by atoms with Crippen LogP contribution < -0.4 is 5.32 Å². The molecule has 17 heavy (non-hydrogen) atoms. The molecule has 0 saturated carbocycles. The van der Waals surface area contributed by atoms with Crippen LogP contribution in [0.5, 0.6) is 0 Å². The molecule has 0 aliphatic carbocycles. The van der Waals surface area contributed by atoms with E-state index in [2.05, 4.69) is 29.9 Å². The van der Waals surface area contributed by atoms with Crippen molar-refractivity contribution in [1.82, 2.24) is 9.55 Å². The molecule has 0 spiro atoms. The number of nitrogens with zero attached hydrogens (tertiary/aromatic N) is 2. The predicted molar refractivity (Wildman–Crippen MR) is 70.6 cm³/mol. The quantitative estimate of drug-likeness (QED) is 0.626. The first-order valence-electron chi connectivity index (χ1n) is 5.75. The lowest BCUT2D eigenvalue weighted by atomic mass is 10.7. The molecule has 1 aromatic heterocycles. The average molecular weight is 255 g/mol. The molecule has 0 aliphatic heterocycles. The van der Waals surface area contributed by atoms with E-state index in [4.69, 9.17) is 4.74 Å². The van der Waals surface area contributed by atoms with Gasteiger partial charge in [0.25, 0.3) is 0 Å². The molecule has 96 valence electrons. The van der Waals surface area contributed by atoms with Gasteiger partial charge >= 0.3 is 0 Å². The molecule has 0 unspecified atom stereocenters. The van der Waals surface area contributed by atoms with Crippen LogP contribution in [0.15, 0.2) is 12.4 Å². The van der Waals surface area contributed by atoms with Gasteiger partial charge in [0.05, 0.1) is 0 Å². The SMILES string of the molecule is CC(=O)Nc1nccn1COCC[Si](C)(C)C. The maximum absolute atomic E-state index is 10.9. The van der Waals surface area contributed by atoms with Crippen molar-refractivity contribution in [1.29, 1.82) is 0 Å². The predicted octanol–water partition coefficient (Wildman–Crippen LogP) is 2.15. The summed E-state index contributed by atoms with van der Waals surface area (Å²) in [6.45, 7) is 9.60. The smallest absolute Gasteiger partial charge is 0.223 e. The molecule has 0 bridgehead atoms. The third-order valence-corrected chi connectivity index (χ3v) is 3.93. The highest BCUT2D eigenvalue weighted by Crippen LogP contribution is 2.09. The molecule has 1 N–H and O–H groups in total. The molecule has 0 aliphatic rings. The third-order valence-electron chi connectivity index (χ3n) is 2.23. The molecular weight excluding hydrogens is 234 g/mol. The van der Waals surface area contributed by atoms with Crippen LogP contribution in [0.3, 0.4) is 0 Å². The number of hydrogen-bond donors (Lipinski definition) is 1. The Bertz CT molecular complexity index is 371. The van der Waals surface area contributed by atoms with Crippen molar-refractivity contribution in [2.75, 3.05) is 11.9 Å². The van der Waals surface area contributed by atoms with Crippen LogP contribution in [0.2, 0.25) is 25.7 Å². The number of rotatable bonds is 6. The fourth-order valence-corrected chi connectivity index (χ4v) is 1.99. The molecular formula is C11H21N3O2Si.